The van der Waals surface area contributed by atoms with E-state index in [-0.39, 0.29) is 47.6 Å². The molecule has 2 fully saturated rings. The largest absolute Gasteiger partial charge is 0.392 e. The van der Waals surface area contributed by atoms with Crippen LogP contribution in [0.4, 0.5) is 11.4 Å². The molecule has 4 aromatic carbocycles. The zero-order chi connectivity index (χ0) is 47.9. The van der Waals surface area contributed by atoms with Crippen molar-refractivity contribution in [3.05, 3.63) is 143 Å². The third-order valence-electron chi connectivity index (χ3n) is 13.3. The molecule has 6 heterocycles. The summed E-state index contributed by atoms with van der Waals surface area (Å²) in [4.78, 5) is 65.3. The summed E-state index contributed by atoms with van der Waals surface area (Å²) in [5, 5.41) is 17.4. The summed E-state index contributed by atoms with van der Waals surface area (Å²) in [5.74, 6) is 0.755. The maximum atomic E-state index is 13.8. The number of rotatable bonds is 7. The van der Waals surface area contributed by atoms with Gasteiger partial charge in [0.2, 0.25) is 23.6 Å². The molecular formula is C55H61ClN6O5. The molecule has 348 valence electrons. The van der Waals surface area contributed by atoms with Crippen LogP contribution in [0.3, 0.4) is 0 Å². The number of carbonyl (C=O) groups excluding carboxylic acids is 4. The molecule has 0 aliphatic carbocycles. The zero-order valence-electron chi connectivity index (χ0n) is 39.7. The van der Waals surface area contributed by atoms with Crippen LogP contribution in [0, 0.1) is 10.8 Å². The van der Waals surface area contributed by atoms with E-state index in [0.29, 0.717) is 50.6 Å². The second-order valence-electron chi connectivity index (χ2n) is 20.7. The quantitative estimate of drug-likeness (QED) is 0.152. The van der Waals surface area contributed by atoms with Crippen molar-refractivity contribution >= 4 is 68.1 Å². The number of fused-ring (bicyclic) bond motifs is 6. The Morgan fingerprint density at radius 2 is 1.16 bits per heavy atom. The molecule has 4 aliphatic rings. The molecular weight excluding hydrogens is 860 g/mol. The lowest BCUT2D eigenvalue weighted by Crippen LogP contribution is -2.65. The van der Waals surface area contributed by atoms with Crippen LogP contribution in [0.15, 0.2) is 109 Å². The Balaban J connectivity index is 0.000000151. The van der Waals surface area contributed by atoms with Crippen LogP contribution in [0.5, 0.6) is 0 Å². The predicted octanol–water partition coefficient (Wildman–Crippen LogP) is 9.48. The Morgan fingerprint density at radius 3 is 1.72 bits per heavy atom. The van der Waals surface area contributed by atoms with Gasteiger partial charge in [0.15, 0.2) is 0 Å². The molecule has 67 heavy (non-hydrogen) atoms. The van der Waals surface area contributed by atoms with E-state index in [1.807, 2.05) is 106 Å². The van der Waals surface area contributed by atoms with Crippen molar-refractivity contribution < 1.29 is 24.3 Å². The average Bonchev–Trinajstić information content (AvgIpc) is 3.71. The molecule has 2 saturated heterocycles. The van der Waals surface area contributed by atoms with Crippen molar-refractivity contribution in [2.24, 2.45) is 10.8 Å². The smallest absolute Gasteiger partial charge is 0.241 e. The number of pyridine rings is 2. The number of aryl methyl sites for hydroxylation is 1. The Labute approximate surface area is 398 Å². The van der Waals surface area contributed by atoms with Crippen molar-refractivity contribution in [1.82, 2.24) is 19.8 Å². The fourth-order valence-electron chi connectivity index (χ4n) is 9.94. The van der Waals surface area contributed by atoms with Crippen LogP contribution in [0.1, 0.15) is 94.9 Å². The van der Waals surface area contributed by atoms with Gasteiger partial charge in [-0.1, -0.05) is 133 Å². The van der Waals surface area contributed by atoms with E-state index < -0.39 is 10.8 Å². The lowest BCUT2D eigenvalue weighted by Gasteiger charge is -2.47. The highest BCUT2D eigenvalue weighted by molar-refractivity contribution is 6.17. The number of hydrogen-bond acceptors (Lipinski definition) is 7. The summed E-state index contributed by atoms with van der Waals surface area (Å²) in [7, 11) is 0. The van der Waals surface area contributed by atoms with Crippen LogP contribution < -0.4 is 10.2 Å². The summed E-state index contributed by atoms with van der Waals surface area (Å²) >= 11 is 5.85. The zero-order valence-corrected chi connectivity index (χ0v) is 40.4. The van der Waals surface area contributed by atoms with Gasteiger partial charge >= 0.3 is 0 Å². The van der Waals surface area contributed by atoms with E-state index in [2.05, 4.69) is 61.2 Å². The second kappa shape index (κ2) is 18.5. The van der Waals surface area contributed by atoms with Crippen molar-refractivity contribution in [2.45, 2.75) is 97.6 Å². The average molecular weight is 922 g/mol. The first-order valence-corrected chi connectivity index (χ1v) is 23.7. The number of alkyl halides is 1. The SMILES string of the molecule is CC(C)(C)CC(=O)N1CC2(C1)C(=O)N(Cc1ncc3ccccc3c1CO)c1ccccc12.CC(C)(C)CC(=O)N1CC2(C1)C(=O)Nc1ccccc12.CCc1c(CCl)ncc2ccccc12. The maximum absolute atomic E-state index is 13.8. The Hall–Kier alpha value is -6.17. The van der Waals surface area contributed by atoms with Gasteiger partial charge in [0.1, 0.15) is 10.8 Å². The number of nitrogens with one attached hydrogen (secondary N) is 1. The molecule has 11 nitrogen and oxygen atoms in total. The van der Waals surface area contributed by atoms with E-state index >= 15 is 0 Å². The first kappa shape index (κ1) is 47.3. The first-order chi connectivity index (χ1) is 31.9. The van der Waals surface area contributed by atoms with Crippen molar-refractivity contribution in [3.63, 3.8) is 0 Å². The Bertz CT molecular complexity index is 2870. The van der Waals surface area contributed by atoms with Gasteiger partial charge in [-0.05, 0) is 56.8 Å². The number of amides is 4. The number of anilines is 2. The number of aliphatic hydroxyl groups is 1. The van der Waals surface area contributed by atoms with E-state index in [9.17, 15) is 24.3 Å². The standard InChI is InChI=1S/C27H29N3O3.C16H20N2O2.C12H12ClN/c1-26(2,3)12-24(32)29-16-27(17-29)21-10-6-7-11-23(21)30(25(27)33)14-22-20(15-31)19-9-5-4-8-18(19)13-28-22;1-15(2,3)8-13(19)18-9-16(10-18)11-6-4-5-7-12(11)17-14(16)20;1-2-10-11-6-4-3-5-9(11)8-14-12(10)7-13/h4-11,13,31H,12,14-17H2,1-3H3;4-7H,8-10H2,1-3H3,(H,17,20);3-6,8H,2,7H2,1H3. The minimum atomic E-state index is -0.694. The number of nitrogens with zero attached hydrogens (tertiary/aromatic N) is 5. The van der Waals surface area contributed by atoms with Gasteiger partial charge in [-0.2, -0.15) is 0 Å². The van der Waals surface area contributed by atoms with Crippen LogP contribution >= 0.6 is 11.6 Å². The van der Waals surface area contributed by atoms with Gasteiger partial charge in [-0.25, -0.2) is 0 Å². The number of hydrogen-bond donors (Lipinski definition) is 2. The minimum absolute atomic E-state index is 0.00218. The first-order valence-electron chi connectivity index (χ1n) is 23.2. The number of aromatic nitrogens is 2. The Morgan fingerprint density at radius 1 is 0.672 bits per heavy atom. The molecule has 0 saturated carbocycles. The van der Waals surface area contributed by atoms with Crippen LogP contribution in [-0.4, -0.2) is 74.7 Å². The molecule has 6 aromatic rings. The number of carbonyl (C=O) groups is 4. The number of benzene rings is 4. The summed E-state index contributed by atoms with van der Waals surface area (Å²) in [6.07, 6.45) is 5.65. The summed E-state index contributed by atoms with van der Waals surface area (Å²) in [5.41, 5.74) is 6.17. The predicted molar refractivity (Wildman–Crippen MR) is 266 cm³/mol. The third-order valence-corrected chi connectivity index (χ3v) is 13.6. The van der Waals surface area contributed by atoms with Crippen LogP contribution in [0.2, 0.25) is 0 Å². The number of para-hydroxylation sites is 2. The van der Waals surface area contributed by atoms with E-state index in [1.165, 1.54) is 16.3 Å². The molecule has 0 unspecified atom stereocenters. The van der Waals surface area contributed by atoms with Crippen LogP contribution in [-0.2, 0) is 55.5 Å². The summed E-state index contributed by atoms with van der Waals surface area (Å²) < 4.78 is 0. The van der Waals surface area contributed by atoms with Gasteiger partial charge in [-0.3, -0.25) is 29.1 Å². The molecule has 4 amide bonds. The Kier molecular flexibility index (Phi) is 13.1. The van der Waals surface area contributed by atoms with Gasteiger partial charge in [-0.15, -0.1) is 11.6 Å². The number of likely N-dealkylation sites (tertiary alicyclic amines) is 2. The lowest BCUT2D eigenvalue weighted by atomic mass is 9.74. The molecule has 10 rings (SSSR count). The summed E-state index contributed by atoms with van der Waals surface area (Å²) in [6, 6.07) is 31.7. The normalized spacial score (nSPS) is 16.4. The highest BCUT2D eigenvalue weighted by Gasteiger charge is 2.59. The second-order valence-corrected chi connectivity index (χ2v) is 21.0. The van der Waals surface area contributed by atoms with E-state index in [4.69, 9.17) is 11.6 Å². The van der Waals surface area contributed by atoms with Gasteiger partial charge in [0, 0.05) is 79.1 Å². The van der Waals surface area contributed by atoms with Crippen molar-refractivity contribution in [2.75, 3.05) is 36.4 Å². The number of aliphatic hydroxyl groups excluding tert-OH is 1. The maximum Gasteiger partial charge on any atom is 0.241 e. The van der Waals surface area contributed by atoms with Gasteiger partial charge < -0.3 is 25.1 Å². The van der Waals surface area contributed by atoms with Crippen molar-refractivity contribution in [1.29, 1.82) is 0 Å². The lowest BCUT2D eigenvalue weighted by molar-refractivity contribution is -0.146. The summed E-state index contributed by atoms with van der Waals surface area (Å²) in [6.45, 7) is 16.4. The monoisotopic (exact) mass is 920 g/mol. The molecule has 12 heteroatoms. The minimum Gasteiger partial charge on any atom is -0.392 e. The van der Waals surface area contributed by atoms with Gasteiger partial charge in [0.05, 0.1) is 30.4 Å². The van der Waals surface area contributed by atoms with E-state index in [0.717, 1.165) is 51.0 Å². The third kappa shape index (κ3) is 9.16. The topological polar surface area (TPSA) is 136 Å². The van der Waals surface area contributed by atoms with E-state index in [1.54, 1.807) is 20.9 Å². The molecule has 4 aliphatic heterocycles. The molecule has 0 radical (unpaired) electrons. The molecule has 0 atom stereocenters. The van der Waals surface area contributed by atoms with Crippen LogP contribution in [0.25, 0.3) is 21.5 Å². The molecule has 2 N–H and O–H groups in total. The molecule has 2 aromatic heterocycles. The van der Waals surface area contributed by atoms with Crippen molar-refractivity contribution in [3.8, 4) is 0 Å². The molecule has 2 spiro atoms. The molecule has 0 bridgehead atoms. The fraction of sp³-hybridized carbons (Fsp3) is 0.382. The van der Waals surface area contributed by atoms with Gasteiger partial charge in [0.25, 0.3) is 0 Å². The highest BCUT2D eigenvalue weighted by Crippen LogP contribution is 2.49. The fourth-order valence-corrected chi connectivity index (χ4v) is 10.2. The number of halogens is 1. The highest BCUT2D eigenvalue weighted by atomic mass is 35.5.